The van der Waals surface area contributed by atoms with Crippen LogP contribution in [-0.4, -0.2) is 32.3 Å². The molecule has 0 unspecified atom stereocenters. The van der Waals surface area contributed by atoms with Crippen LogP contribution in [-0.2, 0) is 16.6 Å². The maximum atomic E-state index is 12.9. The molecule has 0 aromatic heterocycles. The van der Waals surface area contributed by atoms with E-state index in [-0.39, 0.29) is 23.2 Å². The highest BCUT2D eigenvalue weighted by molar-refractivity contribution is 7.89. The highest BCUT2D eigenvalue weighted by Gasteiger charge is 2.16. The van der Waals surface area contributed by atoms with E-state index in [1.807, 2.05) is 13.8 Å². The molecule has 2 aromatic rings. The summed E-state index contributed by atoms with van der Waals surface area (Å²) in [5.41, 5.74) is 1.10. The zero-order valence-electron chi connectivity index (χ0n) is 14.2. The summed E-state index contributed by atoms with van der Waals surface area (Å²) in [6.45, 7) is 5.02. The number of carbonyl (C=O) groups is 1. The van der Waals surface area contributed by atoms with Gasteiger partial charge < -0.3 is 4.90 Å². The van der Waals surface area contributed by atoms with E-state index in [0.29, 0.717) is 24.2 Å². The number of rotatable bonds is 7. The van der Waals surface area contributed by atoms with Gasteiger partial charge >= 0.3 is 0 Å². The standard InChI is InChI=1S/C18H21FN2O3S/c1-3-21(4-2)18(22)15-7-11-17(12-8-15)25(23,24)20-13-14-5-9-16(19)10-6-14/h5-12,20H,3-4,13H2,1-2H3. The second-order valence-corrected chi connectivity index (χ2v) is 7.22. The van der Waals surface area contributed by atoms with Gasteiger partial charge in [0.25, 0.3) is 5.91 Å². The first-order valence-corrected chi connectivity index (χ1v) is 9.49. The van der Waals surface area contributed by atoms with E-state index in [9.17, 15) is 17.6 Å². The molecule has 134 valence electrons. The van der Waals surface area contributed by atoms with Gasteiger partial charge in [0.1, 0.15) is 5.82 Å². The minimum atomic E-state index is -3.71. The van der Waals surface area contributed by atoms with E-state index in [1.165, 1.54) is 48.5 Å². The predicted molar refractivity (Wildman–Crippen MR) is 94.1 cm³/mol. The summed E-state index contributed by atoms with van der Waals surface area (Å²) in [6.07, 6.45) is 0. The number of sulfonamides is 1. The number of hydrogen-bond donors (Lipinski definition) is 1. The lowest BCUT2D eigenvalue weighted by molar-refractivity contribution is 0.0773. The molecule has 0 aliphatic heterocycles. The number of carbonyl (C=O) groups excluding carboxylic acids is 1. The Bertz CT molecular complexity index is 814. The van der Waals surface area contributed by atoms with Crippen molar-refractivity contribution in [1.29, 1.82) is 0 Å². The first-order valence-electron chi connectivity index (χ1n) is 8.00. The smallest absolute Gasteiger partial charge is 0.253 e. The van der Waals surface area contributed by atoms with Crippen molar-refractivity contribution in [1.82, 2.24) is 9.62 Å². The summed E-state index contributed by atoms with van der Waals surface area (Å²) in [5, 5.41) is 0. The van der Waals surface area contributed by atoms with Crippen LogP contribution in [0.1, 0.15) is 29.8 Å². The second kappa shape index (κ2) is 8.22. The van der Waals surface area contributed by atoms with Crippen LogP contribution >= 0.6 is 0 Å². The summed E-state index contributed by atoms with van der Waals surface area (Å²) in [7, 11) is -3.71. The average Bonchev–Trinajstić information content (AvgIpc) is 2.62. The lowest BCUT2D eigenvalue weighted by atomic mass is 10.2. The maximum absolute atomic E-state index is 12.9. The van der Waals surface area contributed by atoms with Crippen molar-refractivity contribution in [2.75, 3.05) is 13.1 Å². The van der Waals surface area contributed by atoms with Crippen LogP contribution in [0.2, 0.25) is 0 Å². The minimum absolute atomic E-state index is 0.0583. The summed E-state index contributed by atoms with van der Waals surface area (Å²) in [6, 6.07) is 11.4. The molecule has 0 spiro atoms. The Labute approximate surface area is 147 Å². The van der Waals surface area contributed by atoms with Gasteiger partial charge in [0.2, 0.25) is 10.0 Å². The third-order valence-corrected chi connectivity index (χ3v) is 5.26. The summed E-state index contributed by atoms with van der Waals surface area (Å²) >= 11 is 0. The van der Waals surface area contributed by atoms with Crippen molar-refractivity contribution in [3.8, 4) is 0 Å². The van der Waals surface area contributed by atoms with Crippen molar-refractivity contribution in [2.45, 2.75) is 25.3 Å². The molecule has 2 rings (SSSR count). The fourth-order valence-corrected chi connectivity index (χ4v) is 3.35. The van der Waals surface area contributed by atoms with Gasteiger partial charge in [-0.25, -0.2) is 17.5 Å². The first kappa shape index (κ1) is 19.1. The third kappa shape index (κ3) is 4.87. The predicted octanol–water partition coefficient (Wildman–Crippen LogP) is 2.79. The van der Waals surface area contributed by atoms with Crippen LogP contribution in [0.5, 0.6) is 0 Å². The molecule has 0 atom stereocenters. The molecule has 0 radical (unpaired) electrons. The second-order valence-electron chi connectivity index (χ2n) is 5.45. The van der Waals surface area contributed by atoms with Crippen LogP contribution in [0.25, 0.3) is 0 Å². The van der Waals surface area contributed by atoms with Gasteiger partial charge in [-0.1, -0.05) is 12.1 Å². The van der Waals surface area contributed by atoms with Crippen LogP contribution in [0.3, 0.4) is 0 Å². The molecular formula is C18H21FN2O3S. The van der Waals surface area contributed by atoms with Gasteiger partial charge in [0.05, 0.1) is 4.90 Å². The molecule has 0 heterocycles. The number of hydrogen-bond acceptors (Lipinski definition) is 3. The van der Waals surface area contributed by atoms with Crippen LogP contribution < -0.4 is 4.72 Å². The number of nitrogens with zero attached hydrogens (tertiary/aromatic N) is 1. The van der Waals surface area contributed by atoms with E-state index in [0.717, 1.165) is 0 Å². The fourth-order valence-electron chi connectivity index (χ4n) is 2.33. The largest absolute Gasteiger partial charge is 0.339 e. The number of halogens is 1. The monoisotopic (exact) mass is 364 g/mol. The van der Waals surface area contributed by atoms with Gasteiger partial charge in [-0.3, -0.25) is 4.79 Å². The quantitative estimate of drug-likeness (QED) is 0.821. The van der Waals surface area contributed by atoms with Crippen molar-refractivity contribution in [2.24, 2.45) is 0 Å². The first-order chi connectivity index (χ1) is 11.9. The molecule has 7 heteroatoms. The Kier molecular flexibility index (Phi) is 6.27. The summed E-state index contributed by atoms with van der Waals surface area (Å²) in [5.74, 6) is -0.506. The van der Waals surface area contributed by atoms with E-state index < -0.39 is 10.0 Å². The minimum Gasteiger partial charge on any atom is -0.339 e. The molecule has 0 aliphatic carbocycles. The van der Waals surface area contributed by atoms with Gasteiger partial charge in [-0.15, -0.1) is 0 Å². The summed E-state index contributed by atoms with van der Waals surface area (Å²) in [4.78, 5) is 14.0. The SMILES string of the molecule is CCN(CC)C(=O)c1ccc(S(=O)(=O)NCc2ccc(F)cc2)cc1. The number of benzene rings is 2. The molecule has 1 N–H and O–H groups in total. The molecule has 2 aromatic carbocycles. The van der Waals surface area contributed by atoms with Gasteiger partial charge in [-0.2, -0.15) is 0 Å². The maximum Gasteiger partial charge on any atom is 0.253 e. The molecule has 0 fully saturated rings. The highest BCUT2D eigenvalue weighted by atomic mass is 32.2. The molecule has 1 amide bonds. The van der Waals surface area contributed by atoms with Crippen molar-refractivity contribution in [3.05, 3.63) is 65.5 Å². The third-order valence-electron chi connectivity index (χ3n) is 3.84. The van der Waals surface area contributed by atoms with E-state index in [1.54, 1.807) is 4.90 Å². The summed E-state index contributed by atoms with van der Waals surface area (Å²) < 4.78 is 40.0. The number of nitrogens with one attached hydrogen (secondary N) is 1. The molecule has 5 nitrogen and oxygen atoms in total. The lowest BCUT2D eigenvalue weighted by Crippen LogP contribution is -2.30. The van der Waals surface area contributed by atoms with Gasteiger partial charge in [0.15, 0.2) is 0 Å². The molecule has 0 saturated heterocycles. The van der Waals surface area contributed by atoms with E-state index in [4.69, 9.17) is 0 Å². The van der Waals surface area contributed by atoms with Crippen molar-refractivity contribution < 1.29 is 17.6 Å². The van der Waals surface area contributed by atoms with Crippen LogP contribution in [0, 0.1) is 5.82 Å². The molecule has 0 bridgehead atoms. The average molecular weight is 364 g/mol. The fraction of sp³-hybridized carbons (Fsp3) is 0.278. The van der Waals surface area contributed by atoms with Crippen LogP contribution in [0.15, 0.2) is 53.4 Å². The van der Waals surface area contributed by atoms with E-state index in [2.05, 4.69) is 4.72 Å². The Morgan fingerprint density at radius 1 is 1.00 bits per heavy atom. The molecular weight excluding hydrogens is 343 g/mol. The normalized spacial score (nSPS) is 11.3. The van der Waals surface area contributed by atoms with Crippen molar-refractivity contribution >= 4 is 15.9 Å². The topological polar surface area (TPSA) is 66.5 Å². The zero-order chi connectivity index (χ0) is 18.4. The van der Waals surface area contributed by atoms with Crippen molar-refractivity contribution in [3.63, 3.8) is 0 Å². The lowest BCUT2D eigenvalue weighted by Gasteiger charge is -2.18. The highest BCUT2D eigenvalue weighted by Crippen LogP contribution is 2.13. The number of amides is 1. The molecule has 0 saturated carbocycles. The Morgan fingerprint density at radius 2 is 1.56 bits per heavy atom. The van der Waals surface area contributed by atoms with Gasteiger partial charge in [0, 0.05) is 25.2 Å². The van der Waals surface area contributed by atoms with Crippen LogP contribution in [0.4, 0.5) is 4.39 Å². The van der Waals surface area contributed by atoms with E-state index >= 15 is 0 Å². The Balaban J connectivity index is 2.09. The molecule has 25 heavy (non-hydrogen) atoms. The molecule has 0 aliphatic rings. The Morgan fingerprint density at radius 3 is 2.08 bits per heavy atom. The Hall–Kier alpha value is -2.25. The zero-order valence-corrected chi connectivity index (χ0v) is 15.0. The van der Waals surface area contributed by atoms with Gasteiger partial charge in [-0.05, 0) is 55.8 Å².